The highest BCUT2D eigenvalue weighted by molar-refractivity contribution is 7.09. The van der Waals surface area contributed by atoms with Crippen LogP contribution in [0.3, 0.4) is 0 Å². The Morgan fingerprint density at radius 2 is 2.57 bits per heavy atom. The highest BCUT2D eigenvalue weighted by Crippen LogP contribution is 2.28. The van der Waals surface area contributed by atoms with Gasteiger partial charge in [-0.15, -0.1) is 11.3 Å². The quantitative estimate of drug-likeness (QED) is 0.709. The fourth-order valence-corrected chi connectivity index (χ4v) is 2.67. The molecule has 2 rings (SSSR count). The molecule has 1 saturated heterocycles. The fourth-order valence-electron chi connectivity index (χ4n) is 1.92. The van der Waals surface area contributed by atoms with Gasteiger partial charge < -0.3 is 4.90 Å². The van der Waals surface area contributed by atoms with E-state index >= 15 is 0 Å². The van der Waals surface area contributed by atoms with Crippen molar-refractivity contribution >= 4 is 17.2 Å². The number of likely N-dealkylation sites (tertiary alicyclic amines) is 1. The van der Waals surface area contributed by atoms with Crippen LogP contribution in [0.2, 0.25) is 0 Å². The third-order valence-electron chi connectivity index (χ3n) is 2.72. The number of piperidine rings is 1. The lowest BCUT2D eigenvalue weighted by molar-refractivity contribution is -0.130. The summed E-state index contributed by atoms with van der Waals surface area (Å²) >= 11 is 1.69. The van der Waals surface area contributed by atoms with Gasteiger partial charge in [0.2, 0.25) is 5.91 Å². The van der Waals surface area contributed by atoms with Gasteiger partial charge in [0, 0.05) is 37.0 Å². The van der Waals surface area contributed by atoms with Gasteiger partial charge >= 0.3 is 0 Å². The van der Waals surface area contributed by atoms with Crippen molar-refractivity contribution in [1.29, 1.82) is 0 Å². The Kier molecular flexibility index (Phi) is 2.82. The second-order valence-corrected chi connectivity index (χ2v) is 4.63. The first kappa shape index (κ1) is 9.65. The number of aromatic nitrogens is 1. The molecule has 1 amide bonds. The topological polar surface area (TPSA) is 33.2 Å². The van der Waals surface area contributed by atoms with Gasteiger partial charge in [-0.1, -0.05) is 0 Å². The van der Waals surface area contributed by atoms with E-state index in [0.717, 1.165) is 19.5 Å². The van der Waals surface area contributed by atoms with Gasteiger partial charge in [0.05, 0.1) is 5.51 Å². The highest BCUT2D eigenvalue weighted by atomic mass is 32.1. The van der Waals surface area contributed by atoms with Crippen LogP contribution < -0.4 is 0 Å². The minimum absolute atomic E-state index is 0.194. The largest absolute Gasteiger partial charge is 0.342 e. The maximum absolute atomic E-state index is 11.2. The number of rotatable bonds is 1. The Hall–Kier alpha value is -0.900. The number of hydrogen-bond donors (Lipinski definition) is 0. The van der Waals surface area contributed by atoms with Crippen molar-refractivity contribution in [2.75, 3.05) is 13.1 Å². The number of thiazole rings is 1. The summed E-state index contributed by atoms with van der Waals surface area (Å²) in [6, 6.07) is 0. The van der Waals surface area contributed by atoms with Crippen LogP contribution in [-0.4, -0.2) is 28.9 Å². The zero-order valence-corrected chi connectivity index (χ0v) is 9.09. The Bertz CT molecular complexity index is 310. The van der Waals surface area contributed by atoms with E-state index in [4.69, 9.17) is 0 Å². The third-order valence-corrected chi connectivity index (χ3v) is 3.66. The second kappa shape index (κ2) is 4.09. The molecule has 0 N–H and O–H groups in total. The van der Waals surface area contributed by atoms with Crippen molar-refractivity contribution < 1.29 is 4.79 Å². The Labute approximate surface area is 87.8 Å². The first-order valence-electron chi connectivity index (χ1n) is 4.91. The second-order valence-electron chi connectivity index (χ2n) is 3.71. The summed E-state index contributed by atoms with van der Waals surface area (Å²) in [6.07, 6.45) is 4.23. The lowest BCUT2D eigenvalue weighted by Crippen LogP contribution is -2.37. The molecule has 0 aromatic carbocycles. The van der Waals surface area contributed by atoms with Gasteiger partial charge in [-0.05, 0) is 12.8 Å². The van der Waals surface area contributed by atoms with Gasteiger partial charge in [0.1, 0.15) is 0 Å². The van der Waals surface area contributed by atoms with E-state index in [1.165, 1.54) is 11.3 Å². The molecule has 0 spiro atoms. The average molecular weight is 210 g/mol. The van der Waals surface area contributed by atoms with E-state index < -0.39 is 0 Å². The molecule has 1 aliphatic rings. The number of carbonyl (C=O) groups is 1. The molecule has 0 bridgehead atoms. The monoisotopic (exact) mass is 210 g/mol. The summed E-state index contributed by atoms with van der Waals surface area (Å²) in [7, 11) is 0. The number of nitrogens with zero attached hydrogens (tertiary/aromatic N) is 2. The molecule has 0 unspecified atom stereocenters. The van der Waals surface area contributed by atoms with Gasteiger partial charge in [-0.2, -0.15) is 0 Å². The minimum atomic E-state index is 0.194. The van der Waals surface area contributed by atoms with Crippen molar-refractivity contribution in [3.05, 3.63) is 16.6 Å². The van der Waals surface area contributed by atoms with Crippen molar-refractivity contribution in [1.82, 2.24) is 9.88 Å². The van der Waals surface area contributed by atoms with Gasteiger partial charge in [0.15, 0.2) is 0 Å². The van der Waals surface area contributed by atoms with E-state index in [0.29, 0.717) is 5.92 Å². The molecule has 0 saturated carbocycles. The summed E-state index contributed by atoms with van der Waals surface area (Å²) < 4.78 is 0. The molecule has 76 valence electrons. The fraction of sp³-hybridized carbons (Fsp3) is 0.600. The zero-order valence-electron chi connectivity index (χ0n) is 8.27. The maximum Gasteiger partial charge on any atom is 0.219 e. The SMILES string of the molecule is CC(=O)N1CCC[C@@H](c2cncs2)C1. The standard InChI is InChI=1S/C10H14N2OS/c1-8(13)12-4-2-3-9(6-12)10-5-11-7-14-10/h5,7,9H,2-4,6H2,1H3/t9-/m1/s1. The van der Waals surface area contributed by atoms with E-state index in [-0.39, 0.29) is 5.91 Å². The predicted octanol–water partition coefficient (Wildman–Crippen LogP) is 1.87. The number of carbonyl (C=O) groups excluding carboxylic acids is 1. The Balaban J connectivity index is 2.04. The molecule has 0 aliphatic carbocycles. The van der Waals surface area contributed by atoms with Crippen LogP contribution in [0.5, 0.6) is 0 Å². The molecule has 1 aromatic heterocycles. The van der Waals surface area contributed by atoms with E-state index in [1.54, 1.807) is 18.3 Å². The van der Waals surface area contributed by atoms with Crippen LogP contribution >= 0.6 is 11.3 Å². The average Bonchev–Trinajstić information content (AvgIpc) is 2.71. The van der Waals surface area contributed by atoms with Crippen LogP contribution in [0.4, 0.5) is 0 Å². The number of hydrogen-bond acceptors (Lipinski definition) is 3. The van der Waals surface area contributed by atoms with Crippen molar-refractivity contribution in [2.24, 2.45) is 0 Å². The molecule has 1 aromatic rings. The van der Waals surface area contributed by atoms with Gasteiger partial charge in [-0.25, -0.2) is 0 Å². The van der Waals surface area contributed by atoms with Crippen molar-refractivity contribution in [2.45, 2.75) is 25.7 Å². The first-order valence-corrected chi connectivity index (χ1v) is 5.79. The summed E-state index contributed by atoms with van der Waals surface area (Å²) in [6.45, 7) is 3.44. The summed E-state index contributed by atoms with van der Waals surface area (Å²) in [4.78, 5) is 18.6. The van der Waals surface area contributed by atoms with Crippen molar-refractivity contribution in [3.8, 4) is 0 Å². The van der Waals surface area contributed by atoms with Crippen LogP contribution in [0.25, 0.3) is 0 Å². The van der Waals surface area contributed by atoms with Crippen LogP contribution in [0.1, 0.15) is 30.6 Å². The zero-order chi connectivity index (χ0) is 9.97. The summed E-state index contributed by atoms with van der Waals surface area (Å²) in [5.74, 6) is 0.708. The third kappa shape index (κ3) is 1.95. The lowest BCUT2D eigenvalue weighted by Gasteiger charge is -2.31. The van der Waals surface area contributed by atoms with Crippen LogP contribution in [0, 0.1) is 0 Å². The van der Waals surface area contributed by atoms with E-state index in [2.05, 4.69) is 4.98 Å². The molecule has 1 fully saturated rings. The normalized spacial score (nSPS) is 22.4. The summed E-state index contributed by atoms with van der Waals surface area (Å²) in [5.41, 5.74) is 1.86. The molecular formula is C10H14N2OS. The Morgan fingerprint density at radius 3 is 3.21 bits per heavy atom. The molecule has 1 aliphatic heterocycles. The smallest absolute Gasteiger partial charge is 0.219 e. The van der Waals surface area contributed by atoms with Gasteiger partial charge in [-0.3, -0.25) is 9.78 Å². The van der Waals surface area contributed by atoms with Crippen LogP contribution in [0.15, 0.2) is 11.7 Å². The van der Waals surface area contributed by atoms with E-state index in [9.17, 15) is 4.79 Å². The molecule has 3 nitrogen and oxygen atoms in total. The Morgan fingerprint density at radius 1 is 1.71 bits per heavy atom. The molecule has 14 heavy (non-hydrogen) atoms. The molecule has 1 atom stereocenters. The van der Waals surface area contributed by atoms with Gasteiger partial charge in [0.25, 0.3) is 0 Å². The molecule has 2 heterocycles. The molecular weight excluding hydrogens is 196 g/mol. The van der Waals surface area contributed by atoms with E-state index in [1.807, 2.05) is 16.6 Å². The molecule has 4 heteroatoms. The minimum Gasteiger partial charge on any atom is -0.342 e. The molecule has 0 radical (unpaired) electrons. The first-order chi connectivity index (χ1) is 6.77. The van der Waals surface area contributed by atoms with Crippen molar-refractivity contribution in [3.63, 3.8) is 0 Å². The lowest BCUT2D eigenvalue weighted by atomic mass is 9.97. The predicted molar refractivity (Wildman–Crippen MR) is 56.3 cm³/mol. The van der Waals surface area contributed by atoms with Crippen LogP contribution in [-0.2, 0) is 4.79 Å². The number of amides is 1. The maximum atomic E-state index is 11.2. The summed E-state index contributed by atoms with van der Waals surface area (Å²) in [5, 5.41) is 0. The highest BCUT2D eigenvalue weighted by Gasteiger charge is 2.23.